The van der Waals surface area contributed by atoms with E-state index in [0.29, 0.717) is 0 Å². The maximum atomic E-state index is 2.51. The molecular weight excluding hydrogens is 122 g/mol. The first kappa shape index (κ1) is 8.06. The highest BCUT2D eigenvalue weighted by Crippen LogP contribution is 2.23. The Kier molecular flexibility index (Phi) is 2.72. The molecule has 0 spiro atoms. The number of likely N-dealkylation sites (tertiary alicyclic amines) is 1. The fraction of sp³-hybridized carbons (Fsp3) is 1.00. The van der Waals surface area contributed by atoms with E-state index in [9.17, 15) is 0 Å². The van der Waals surface area contributed by atoms with Crippen LogP contribution in [0.1, 0.15) is 33.1 Å². The van der Waals surface area contributed by atoms with Crippen molar-refractivity contribution < 1.29 is 0 Å². The van der Waals surface area contributed by atoms with E-state index < -0.39 is 0 Å². The Morgan fingerprint density at radius 2 is 2.20 bits per heavy atom. The van der Waals surface area contributed by atoms with Gasteiger partial charge in [0.05, 0.1) is 0 Å². The molecule has 1 nitrogen and oxygen atoms in total. The summed E-state index contributed by atoms with van der Waals surface area (Å²) >= 11 is 0. The van der Waals surface area contributed by atoms with Gasteiger partial charge in [0, 0.05) is 6.04 Å². The van der Waals surface area contributed by atoms with Gasteiger partial charge in [0.15, 0.2) is 0 Å². The van der Waals surface area contributed by atoms with Gasteiger partial charge < -0.3 is 4.90 Å². The zero-order valence-electron chi connectivity index (χ0n) is 7.43. The molecule has 1 heterocycles. The molecule has 10 heavy (non-hydrogen) atoms. The zero-order valence-corrected chi connectivity index (χ0v) is 7.43. The number of hydrogen-bond acceptors (Lipinski definition) is 1. The second-order valence-corrected chi connectivity index (χ2v) is 3.58. The average molecular weight is 141 g/mol. The second kappa shape index (κ2) is 3.38. The molecule has 1 unspecified atom stereocenters. The summed E-state index contributed by atoms with van der Waals surface area (Å²) in [6.45, 7) is 5.98. The van der Waals surface area contributed by atoms with Crippen LogP contribution in [0, 0.1) is 5.92 Å². The van der Waals surface area contributed by atoms with Gasteiger partial charge in [0.2, 0.25) is 0 Å². The van der Waals surface area contributed by atoms with Crippen molar-refractivity contribution in [3.05, 3.63) is 0 Å². The summed E-state index contributed by atoms with van der Waals surface area (Å²) in [7, 11) is 2.25. The van der Waals surface area contributed by atoms with E-state index in [1.165, 1.54) is 25.8 Å². The highest BCUT2D eigenvalue weighted by molar-refractivity contribution is 4.78. The minimum atomic E-state index is 0.855. The first-order chi connectivity index (χ1) is 4.75. The third kappa shape index (κ3) is 1.51. The predicted octanol–water partition coefficient (Wildman–Crippen LogP) is 2.13. The number of piperidine rings is 1. The van der Waals surface area contributed by atoms with Crippen LogP contribution < -0.4 is 0 Å². The predicted molar refractivity (Wildman–Crippen MR) is 45.1 cm³/mol. The van der Waals surface area contributed by atoms with Crippen LogP contribution in [0.5, 0.6) is 0 Å². The van der Waals surface area contributed by atoms with E-state index in [1.807, 2.05) is 0 Å². The summed E-state index contributed by atoms with van der Waals surface area (Å²) in [6, 6.07) is 0.855. The van der Waals surface area contributed by atoms with Gasteiger partial charge in [-0.05, 0) is 38.8 Å². The van der Waals surface area contributed by atoms with Crippen molar-refractivity contribution in [2.45, 2.75) is 39.2 Å². The Bertz CT molecular complexity index is 90.9. The summed E-state index contributed by atoms with van der Waals surface area (Å²) < 4.78 is 0. The highest BCUT2D eigenvalue weighted by atomic mass is 15.1. The van der Waals surface area contributed by atoms with Crippen LogP contribution in [0.2, 0.25) is 0 Å². The summed E-state index contributed by atoms with van der Waals surface area (Å²) in [4.78, 5) is 2.51. The maximum absolute atomic E-state index is 2.51. The van der Waals surface area contributed by atoms with Crippen molar-refractivity contribution >= 4 is 0 Å². The summed E-state index contributed by atoms with van der Waals surface area (Å²) in [5.41, 5.74) is 0. The van der Waals surface area contributed by atoms with E-state index in [-0.39, 0.29) is 0 Å². The third-order valence-electron chi connectivity index (χ3n) is 2.81. The number of nitrogens with zero attached hydrogens (tertiary/aromatic N) is 1. The minimum absolute atomic E-state index is 0.855. The molecule has 0 saturated carbocycles. The molecule has 0 aromatic heterocycles. The Morgan fingerprint density at radius 3 is 2.60 bits per heavy atom. The van der Waals surface area contributed by atoms with E-state index in [0.717, 1.165) is 12.0 Å². The Morgan fingerprint density at radius 1 is 1.50 bits per heavy atom. The molecule has 1 rings (SSSR count). The monoisotopic (exact) mass is 141 g/mol. The van der Waals surface area contributed by atoms with Crippen molar-refractivity contribution in [2.24, 2.45) is 5.92 Å². The molecule has 0 amide bonds. The van der Waals surface area contributed by atoms with Gasteiger partial charge in [-0.25, -0.2) is 0 Å². The van der Waals surface area contributed by atoms with Crippen molar-refractivity contribution in [3.8, 4) is 0 Å². The van der Waals surface area contributed by atoms with Crippen molar-refractivity contribution in [1.82, 2.24) is 4.90 Å². The van der Waals surface area contributed by atoms with Gasteiger partial charge in [-0.1, -0.05) is 13.8 Å². The van der Waals surface area contributed by atoms with Crippen LogP contribution in [-0.4, -0.2) is 24.5 Å². The van der Waals surface area contributed by atoms with Crippen LogP contribution in [0.4, 0.5) is 0 Å². The molecule has 1 aliphatic heterocycles. The van der Waals surface area contributed by atoms with Gasteiger partial charge in [0.1, 0.15) is 0 Å². The molecule has 1 heteroatoms. The molecule has 1 fully saturated rings. The molecule has 0 bridgehead atoms. The fourth-order valence-electron chi connectivity index (χ4n) is 2.17. The summed E-state index contributed by atoms with van der Waals surface area (Å²) in [6.07, 6.45) is 4.15. The lowest BCUT2D eigenvalue weighted by Gasteiger charge is -2.36. The molecular formula is C9H19N. The Balaban J connectivity index is 2.45. The van der Waals surface area contributed by atoms with Gasteiger partial charge in [-0.2, -0.15) is 0 Å². The SMILES string of the molecule is CCC1[C@H](C)CCCN1C. The van der Waals surface area contributed by atoms with Crippen LogP contribution in [-0.2, 0) is 0 Å². The van der Waals surface area contributed by atoms with E-state index in [2.05, 4.69) is 25.8 Å². The van der Waals surface area contributed by atoms with Gasteiger partial charge in [0.25, 0.3) is 0 Å². The van der Waals surface area contributed by atoms with Crippen LogP contribution in [0.3, 0.4) is 0 Å². The molecule has 60 valence electrons. The number of hydrogen-bond donors (Lipinski definition) is 0. The van der Waals surface area contributed by atoms with Gasteiger partial charge >= 0.3 is 0 Å². The normalized spacial score (nSPS) is 36.3. The van der Waals surface area contributed by atoms with E-state index in [1.54, 1.807) is 0 Å². The number of rotatable bonds is 1. The van der Waals surface area contributed by atoms with Crippen LogP contribution >= 0.6 is 0 Å². The van der Waals surface area contributed by atoms with Crippen LogP contribution in [0.15, 0.2) is 0 Å². The molecule has 0 aromatic rings. The largest absolute Gasteiger partial charge is 0.303 e. The lowest BCUT2D eigenvalue weighted by Crippen LogP contribution is -2.40. The maximum Gasteiger partial charge on any atom is 0.0115 e. The average Bonchev–Trinajstić information content (AvgIpc) is 1.88. The summed E-state index contributed by atoms with van der Waals surface area (Å²) in [5.74, 6) is 0.920. The zero-order chi connectivity index (χ0) is 7.56. The Labute approximate surface area is 64.4 Å². The molecule has 1 aliphatic rings. The molecule has 0 N–H and O–H groups in total. The first-order valence-corrected chi connectivity index (χ1v) is 4.46. The Hall–Kier alpha value is -0.0400. The van der Waals surface area contributed by atoms with Gasteiger partial charge in [-0.15, -0.1) is 0 Å². The first-order valence-electron chi connectivity index (χ1n) is 4.46. The minimum Gasteiger partial charge on any atom is -0.303 e. The molecule has 1 saturated heterocycles. The van der Waals surface area contributed by atoms with E-state index in [4.69, 9.17) is 0 Å². The standard InChI is InChI=1S/C9H19N/c1-4-9-8(2)6-5-7-10(9)3/h8-9H,4-7H2,1-3H3/t8-,9?/m1/s1. The lowest BCUT2D eigenvalue weighted by atomic mass is 9.90. The molecule has 0 aliphatic carbocycles. The molecule has 2 atom stereocenters. The smallest absolute Gasteiger partial charge is 0.0115 e. The van der Waals surface area contributed by atoms with Crippen molar-refractivity contribution in [1.29, 1.82) is 0 Å². The quantitative estimate of drug-likeness (QED) is 0.540. The van der Waals surface area contributed by atoms with Crippen LogP contribution in [0.25, 0.3) is 0 Å². The summed E-state index contributed by atoms with van der Waals surface area (Å²) in [5, 5.41) is 0. The second-order valence-electron chi connectivity index (χ2n) is 3.58. The molecule has 0 radical (unpaired) electrons. The molecule has 0 aromatic carbocycles. The topological polar surface area (TPSA) is 3.24 Å². The van der Waals surface area contributed by atoms with Gasteiger partial charge in [-0.3, -0.25) is 0 Å². The highest BCUT2D eigenvalue weighted by Gasteiger charge is 2.23. The fourth-order valence-corrected chi connectivity index (χ4v) is 2.17. The van der Waals surface area contributed by atoms with Crippen molar-refractivity contribution in [2.75, 3.05) is 13.6 Å². The third-order valence-corrected chi connectivity index (χ3v) is 2.81. The van der Waals surface area contributed by atoms with E-state index >= 15 is 0 Å². The lowest BCUT2D eigenvalue weighted by molar-refractivity contribution is 0.127. The van der Waals surface area contributed by atoms with Crippen molar-refractivity contribution in [3.63, 3.8) is 0 Å².